The van der Waals surface area contributed by atoms with Crippen molar-refractivity contribution in [3.05, 3.63) is 34.8 Å². The minimum absolute atomic E-state index is 0.101. The van der Waals surface area contributed by atoms with Crippen LogP contribution >= 0.6 is 0 Å². The van der Waals surface area contributed by atoms with Crippen molar-refractivity contribution >= 4 is 5.91 Å². The molecule has 1 aliphatic heterocycles. The van der Waals surface area contributed by atoms with Crippen molar-refractivity contribution in [3.8, 4) is 5.82 Å². The van der Waals surface area contributed by atoms with Crippen molar-refractivity contribution in [1.29, 1.82) is 0 Å². The molecule has 0 aliphatic carbocycles. The number of amides is 1. The highest BCUT2D eigenvalue weighted by Crippen LogP contribution is 2.23. The van der Waals surface area contributed by atoms with Crippen LogP contribution in [-0.4, -0.2) is 46.7 Å². The molecular weight excluding hydrogens is 292 g/mol. The van der Waals surface area contributed by atoms with Gasteiger partial charge in [0.05, 0.1) is 5.56 Å². The van der Waals surface area contributed by atoms with Gasteiger partial charge in [0, 0.05) is 36.6 Å². The molecule has 6 heteroatoms. The minimum atomic E-state index is 0.101. The first-order chi connectivity index (χ1) is 11.0. The number of piperidine rings is 1. The maximum Gasteiger partial charge on any atom is 0.255 e. The van der Waals surface area contributed by atoms with Gasteiger partial charge >= 0.3 is 0 Å². The van der Waals surface area contributed by atoms with Crippen LogP contribution in [0.3, 0.4) is 0 Å². The zero-order valence-corrected chi connectivity index (χ0v) is 14.2. The second-order valence-corrected chi connectivity index (χ2v) is 6.29. The number of likely N-dealkylation sites (N-methyl/N-ethyl adjacent to an activating group) is 1. The Labute approximate surface area is 136 Å². The van der Waals surface area contributed by atoms with Gasteiger partial charge < -0.3 is 14.7 Å². The van der Waals surface area contributed by atoms with E-state index in [4.69, 9.17) is 4.52 Å². The lowest BCUT2D eigenvalue weighted by Gasteiger charge is -2.32. The number of aromatic nitrogens is 2. The molecule has 0 bridgehead atoms. The van der Waals surface area contributed by atoms with E-state index in [-0.39, 0.29) is 5.91 Å². The van der Waals surface area contributed by atoms with E-state index in [1.165, 1.54) is 0 Å². The number of hydrogen-bond donors (Lipinski definition) is 1. The van der Waals surface area contributed by atoms with E-state index in [9.17, 15) is 4.79 Å². The fraction of sp³-hybridized carbons (Fsp3) is 0.529. The van der Waals surface area contributed by atoms with Gasteiger partial charge in [0.1, 0.15) is 5.76 Å². The molecule has 124 valence electrons. The molecular formula is C17H24N4O2. The average molecular weight is 316 g/mol. The Morgan fingerprint density at radius 2 is 2.13 bits per heavy atom. The Morgan fingerprint density at radius 3 is 2.78 bits per heavy atom. The van der Waals surface area contributed by atoms with Gasteiger partial charge in [-0.1, -0.05) is 5.16 Å². The van der Waals surface area contributed by atoms with E-state index in [0.717, 1.165) is 54.5 Å². The number of carbonyl (C=O) groups is 1. The zero-order chi connectivity index (χ0) is 16.6. The standard InChI is InChI=1S/C17H24N4O2/c1-11-8-15(13(3)21(11)16-9-12(2)23-19-16)17(22)20-7-5-6-14(10-20)18-4/h8-9,14,18H,5-7,10H2,1-4H3. The SMILES string of the molecule is CNC1CCCN(C(=O)c2cc(C)n(-c3cc(C)on3)c2C)C1. The van der Waals surface area contributed by atoms with Gasteiger partial charge in [-0.2, -0.15) is 0 Å². The molecule has 1 atom stereocenters. The fourth-order valence-electron chi connectivity index (χ4n) is 3.36. The van der Waals surface area contributed by atoms with Crippen molar-refractivity contribution in [1.82, 2.24) is 19.9 Å². The van der Waals surface area contributed by atoms with Crippen molar-refractivity contribution in [2.45, 2.75) is 39.7 Å². The minimum Gasteiger partial charge on any atom is -0.360 e. The van der Waals surface area contributed by atoms with E-state index in [1.54, 1.807) is 0 Å². The number of nitrogens with one attached hydrogen (secondary N) is 1. The van der Waals surface area contributed by atoms with Crippen LogP contribution in [0.5, 0.6) is 0 Å². The normalized spacial score (nSPS) is 18.4. The number of likely N-dealkylation sites (tertiary alicyclic amines) is 1. The Kier molecular flexibility index (Phi) is 4.26. The number of nitrogens with zero attached hydrogens (tertiary/aromatic N) is 3. The van der Waals surface area contributed by atoms with Crippen molar-refractivity contribution in [2.24, 2.45) is 0 Å². The predicted molar refractivity (Wildman–Crippen MR) is 88.0 cm³/mol. The summed E-state index contributed by atoms with van der Waals surface area (Å²) in [5.74, 6) is 1.58. The lowest BCUT2D eigenvalue weighted by Crippen LogP contribution is -2.47. The van der Waals surface area contributed by atoms with Crippen LogP contribution in [0.4, 0.5) is 0 Å². The third-order valence-corrected chi connectivity index (χ3v) is 4.62. The van der Waals surface area contributed by atoms with Crippen molar-refractivity contribution in [3.63, 3.8) is 0 Å². The molecule has 0 spiro atoms. The molecule has 0 radical (unpaired) electrons. The molecule has 1 fully saturated rings. The largest absolute Gasteiger partial charge is 0.360 e. The van der Waals surface area contributed by atoms with E-state index < -0.39 is 0 Å². The van der Waals surface area contributed by atoms with Gasteiger partial charge in [-0.25, -0.2) is 0 Å². The maximum atomic E-state index is 12.9. The van der Waals surface area contributed by atoms with E-state index in [2.05, 4.69) is 10.5 Å². The van der Waals surface area contributed by atoms with Gasteiger partial charge in [0.25, 0.3) is 5.91 Å². The summed E-state index contributed by atoms with van der Waals surface area (Å²) < 4.78 is 7.14. The molecule has 3 heterocycles. The molecule has 1 aliphatic rings. The van der Waals surface area contributed by atoms with Gasteiger partial charge in [-0.3, -0.25) is 9.36 Å². The topological polar surface area (TPSA) is 63.3 Å². The smallest absolute Gasteiger partial charge is 0.255 e. The molecule has 2 aromatic rings. The summed E-state index contributed by atoms with van der Waals surface area (Å²) in [6.07, 6.45) is 2.16. The van der Waals surface area contributed by atoms with Gasteiger partial charge in [-0.05, 0) is 46.7 Å². The van der Waals surface area contributed by atoms with E-state index >= 15 is 0 Å². The maximum absolute atomic E-state index is 12.9. The van der Waals surface area contributed by atoms with Crippen LogP contribution in [0.25, 0.3) is 5.82 Å². The molecule has 3 rings (SSSR count). The summed E-state index contributed by atoms with van der Waals surface area (Å²) in [5, 5.41) is 7.35. The lowest BCUT2D eigenvalue weighted by atomic mass is 10.0. The highest BCUT2D eigenvalue weighted by molar-refractivity contribution is 5.96. The third kappa shape index (κ3) is 2.91. The molecule has 23 heavy (non-hydrogen) atoms. The third-order valence-electron chi connectivity index (χ3n) is 4.62. The molecule has 1 amide bonds. The zero-order valence-electron chi connectivity index (χ0n) is 14.2. The average Bonchev–Trinajstić information content (AvgIpc) is 3.09. The summed E-state index contributed by atoms with van der Waals surface area (Å²) >= 11 is 0. The molecule has 1 unspecified atom stereocenters. The molecule has 0 aromatic carbocycles. The molecule has 1 N–H and O–H groups in total. The second-order valence-electron chi connectivity index (χ2n) is 6.29. The highest BCUT2D eigenvalue weighted by Gasteiger charge is 2.26. The van der Waals surface area contributed by atoms with Crippen molar-refractivity contribution in [2.75, 3.05) is 20.1 Å². The van der Waals surface area contributed by atoms with Gasteiger partial charge in [0.2, 0.25) is 0 Å². The fourth-order valence-corrected chi connectivity index (χ4v) is 3.36. The van der Waals surface area contributed by atoms with Crippen LogP contribution in [0.1, 0.15) is 40.3 Å². The van der Waals surface area contributed by atoms with E-state index in [1.807, 2.05) is 49.4 Å². The highest BCUT2D eigenvalue weighted by atomic mass is 16.5. The first-order valence-corrected chi connectivity index (χ1v) is 8.10. The number of hydrogen-bond acceptors (Lipinski definition) is 4. The van der Waals surface area contributed by atoms with Crippen LogP contribution in [-0.2, 0) is 0 Å². The quantitative estimate of drug-likeness (QED) is 0.943. The summed E-state index contributed by atoms with van der Waals surface area (Å²) in [6.45, 7) is 7.40. The van der Waals surface area contributed by atoms with E-state index in [0.29, 0.717) is 6.04 Å². The van der Waals surface area contributed by atoms with Gasteiger partial charge in [-0.15, -0.1) is 0 Å². The number of aryl methyl sites for hydroxylation is 2. The first kappa shape index (κ1) is 15.8. The molecule has 2 aromatic heterocycles. The van der Waals surface area contributed by atoms with Crippen LogP contribution in [0.2, 0.25) is 0 Å². The number of rotatable bonds is 3. The summed E-state index contributed by atoms with van der Waals surface area (Å²) in [7, 11) is 1.96. The monoisotopic (exact) mass is 316 g/mol. The first-order valence-electron chi connectivity index (χ1n) is 8.10. The second kappa shape index (κ2) is 6.20. The Hall–Kier alpha value is -2.08. The van der Waals surface area contributed by atoms with Crippen molar-refractivity contribution < 1.29 is 9.32 Å². The van der Waals surface area contributed by atoms with Crippen LogP contribution in [0, 0.1) is 20.8 Å². The number of carbonyl (C=O) groups excluding carboxylic acids is 1. The van der Waals surface area contributed by atoms with Crippen LogP contribution < -0.4 is 5.32 Å². The summed E-state index contributed by atoms with van der Waals surface area (Å²) in [6, 6.07) is 4.21. The summed E-state index contributed by atoms with van der Waals surface area (Å²) in [4.78, 5) is 14.9. The Bertz CT molecular complexity index is 716. The molecule has 1 saturated heterocycles. The summed E-state index contributed by atoms with van der Waals surface area (Å²) in [5.41, 5.74) is 2.65. The molecule has 0 saturated carbocycles. The Balaban J connectivity index is 1.90. The van der Waals surface area contributed by atoms with Gasteiger partial charge in [0.15, 0.2) is 5.82 Å². The molecule has 6 nitrogen and oxygen atoms in total. The van der Waals surface area contributed by atoms with Crippen LogP contribution in [0.15, 0.2) is 16.7 Å². The predicted octanol–water partition coefficient (Wildman–Crippen LogP) is 2.21. The lowest BCUT2D eigenvalue weighted by molar-refractivity contribution is 0.0697. The Morgan fingerprint density at radius 1 is 1.35 bits per heavy atom.